The highest BCUT2D eigenvalue weighted by Crippen LogP contribution is 2.34. The van der Waals surface area contributed by atoms with Gasteiger partial charge in [-0.05, 0) is 59.3 Å². The summed E-state index contributed by atoms with van der Waals surface area (Å²) in [5.41, 5.74) is 1.88. The Balaban J connectivity index is 1.87. The van der Waals surface area contributed by atoms with Gasteiger partial charge in [0, 0.05) is 6.61 Å². The van der Waals surface area contributed by atoms with E-state index in [2.05, 4.69) is 4.99 Å². The van der Waals surface area contributed by atoms with E-state index in [1.807, 2.05) is 60.2 Å². The first-order chi connectivity index (χ1) is 11.8. The summed E-state index contributed by atoms with van der Waals surface area (Å²) in [5.74, 6) is -0.0133. The zero-order chi connectivity index (χ0) is 16.8. The van der Waals surface area contributed by atoms with Crippen molar-refractivity contribution in [1.82, 2.24) is 4.90 Å². The predicted octanol–water partition coefficient (Wildman–Crippen LogP) is 4.39. The van der Waals surface area contributed by atoms with Crippen LogP contribution in [-0.4, -0.2) is 35.7 Å². The molecular formula is C18H18N2O2S2. The molecule has 0 saturated carbocycles. The van der Waals surface area contributed by atoms with Crippen molar-refractivity contribution in [2.24, 2.45) is 4.99 Å². The van der Waals surface area contributed by atoms with E-state index in [9.17, 15) is 4.79 Å². The van der Waals surface area contributed by atoms with Crippen LogP contribution in [0.1, 0.15) is 12.5 Å². The largest absolute Gasteiger partial charge is 0.380 e. The van der Waals surface area contributed by atoms with Crippen LogP contribution in [0.5, 0.6) is 0 Å². The third kappa shape index (κ3) is 4.14. The standard InChI is InChI=1S/C18H18N2O2S2/c1-2-22-10-9-20-17(21)16(12-14-8-11-23-13-14)24-18(20)19-15-6-4-3-5-7-15/h3-8,11-13H,2,9-10H2,1H3/b16-12-,19-18?. The second-order valence-electron chi connectivity index (χ2n) is 5.05. The molecule has 3 rings (SSSR count). The second-order valence-corrected chi connectivity index (χ2v) is 6.84. The van der Waals surface area contributed by atoms with Crippen molar-refractivity contribution in [2.45, 2.75) is 6.92 Å². The summed E-state index contributed by atoms with van der Waals surface area (Å²) in [6.45, 7) is 3.59. The maximum Gasteiger partial charge on any atom is 0.266 e. The van der Waals surface area contributed by atoms with Crippen molar-refractivity contribution < 1.29 is 9.53 Å². The molecule has 2 aromatic rings. The second kappa shape index (κ2) is 8.28. The molecule has 1 aromatic carbocycles. The van der Waals surface area contributed by atoms with Gasteiger partial charge in [0.1, 0.15) is 0 Å². The average molecular weight is 358 g/mol. The molecule has 0 atom stereocenters. The van der Waals surface area contributed by atoms with Gasteiger partial charge in [-0.2, -0.15) is 11.3 Å². The summed E-state index contributed by atoms with van der Waals surface area (Å²) in [6, 6.07) is 11.7. The van der Waals surface area contributed by atoms with Gasteiger partial charge in [-0.15, -0.1) is 0 Å². The summed E-state index contributed by atoms with van der Waals surface area (Å²) in [4.78, 5) is 19.8. The Hall–Kier alpha value is -1.89. The lowest BCUT2D eigenvalue weighted by atomic mass is 10.3. The Labute approximate surface area is 149 Å². The van der Waals surface area contributed by atoms with Crippen molar-refractivity contribution in [1.29, 1.82) is 0 Å². The van der Waals surface area contributed by atoms with Crippen LogP contribution in [0.25, 0.3) is 6.08 Å². The number of carbonyl (C=O) groups excluding carboxylic acids is 1. The number of hydrogen-bond acceptors (Lipinski definition) is 5. The van der Waals surface area contributed by atoms with Crippen molar-refractivity contribution in [2.75, 3.05) is 19.8 Å². The van der Waals surface area contributed by atoms with Crippen molar-refractivity contribution >= 4 is 45.9 Å². The molecule has 0 bridgehead atoms. The van der Waals surface area contributed by atoms with Crippen LogP contribution in [-0.2, 0) is 9.53 Å². The first-order valence-corrected chi connectivity index (χ1v) is 9.49. The van der Waals surface area contributed by atoms with Gasteiger partial charge in [-0.3, -0.25) is 9.69 Å². The first kappa shape index (κ1) is 17.0. The maximum atomic E-state index is 12.7. The van der Waals surface area contributed by atoms with Crippen molar-refractivity contribution in [3.8, 4) is 0 Å². The van der Waals surface area contributed by atoms with Crippen LogP contribution < -0.4 is 0 Å². The van der Waals surface area contributed by atoms with Gasteiger partial charge in [0.25, 0.3) is 5.91 Å². The fourth-order valence-electron chi connectivity index (χ4n) is 2.21. The minimum absolute atomic E-state index is 0.0133. The van der Waals surface area contributed by atoms with Gasteiger partial charge in [0.2, 0.25) is 0 Å². The molecule has 124 valence electrons. The van der Waals surface area contributed by atoms with Crippen LogP contribution in [0.2, 0.25) is 0 Å². The van der Waals surface area contributed by atoms with Crippen LogP contribution >= 0.6 is 23.1 Å². The SMILES string of the molecule is CCOCCN1C(=O)/C(=C/c2ccsc2)SC1=Nc1ccccc1. The van der Waals surface area contributed by atoms with Gasteiger partial charge < -0.3 is 4.74 Å². The van der Waals surface area contributed by atoms with E-state index >= 15 is 0 Å². The van der Waals surface area contributed by atoms with Crippen LogP contribution in [0.4, 0.5) is 5.69 Å². The van der Waals surface area contributed by atoms with Crippen LogP contribution in [0, 0.1) is 0 Å². The summed E-state index contributed by atoms with van der Waals surface area (Å²) < 4.78 is 5.41. The Morgan fingerprint density at radius 3 is 2.79 bits per heavy atom. The Morgan fingerprint density at radius 1 is 1.25 bits per heavy atom. The Morgan fingerprint density at radius 2 is 2.08 bits per heavy atom. The summed E-state index contributed by atoms with van der Waals surface area (Å²) in [7, 11) is 0. The molecule has 4 nitrogen and oxygen atoms in total. The number of amides is 1. The molecule has 2 heterocycles. The van der Waals surface area contributed by atoms with E-state index in [-0.39, 0.29) is 5.91 Å². The number of thiophene rings is 1. The monoisotopic (exact) mass is 358 g/mol. The number of carbonyl (C=O) groups is 1. The molecule has 6 heteroatoms. The molecule has 24 heavy (non-hydrogen) atoms. The van der Waals surface area contributed by atoms with Crippen molar-refractivity contribution in [3.05, 3.63) is 57.6 Å². The highest BCUT2D eigenvalue weighted by molar-refractivity contribution is 8.18. The molecule has 1 saturated heterocycles. The number of amidine groups is 1. The van der Waals surface area contributed by atoms with Gasteiger partial charge in [0.15, 0.2) is 5.17 Å². The molecule has 1 amide bonds. The fraction of sp³-hybridized carbons (Fsp3) is 0.222. The van der Waals surface area contributed by atoms with Gasteiger partial charge in [0.05, 0.1) is 23.7 Å². The Bertz CT molecular complexity index is 740. The third-order valence-electron chi connectivity index (χ3n) is 3.37. The van der Waals surface area contributed by atoms with E-state index in [0.29, 0.717) is 29.8 Å². The van der Waals surface area contributed by atoms with Crippen LogP contribution in [0.15, 0.2) is 57.1 Å². The summed E-state index contributed by atoms with van der Waals surface area (Å²) in [6.07, 6.45) is 1.92. The quantitative estimate of drug-likeness (QED) is 0.568. The molecule has 1 aliphatic rings. The molecule has 0 aliphatic carbocycles. The molecular weight excluding hydrogens is 340 g/mol. The van der Waals surface area contributed by atoms with E-state index in [0.717, 1.165) is 11.3 Å². The lowest BCUT2D eigenvalue weighted by Gasteiger charge is -2.15. The minimum atomic E-state index is -0.0133. The third-order valence-corrected chi connectivity index (χ3v) is 5.08. The number of thioether (sulfide) groups is 1. The molecule has 0 radical (unpaired) electrons. The molecule has 1 aliphatic heterocycles. The van der Waals surface area contributed by atoms with Gasteiger partial charge in [-0.25, -0.2) is 4.99 Å². The van der Waals surface area contributed by atoms with E-state index in [4.69, 9.17) is 4.74 Å². The zero-order valence-corrected chi connectivity index (χ0v) is 15.0. The first-order valence-electron chi connectivity index (χ1n) is 7.73. The number of ether oxygens (including phenoxy) is 1. The normalized spacial score (nSPS) is 18.0. The van der Waals surface area contributed by atoms with Crippen LogP contribution in [0.3, 0.4) is 0 Å². The number of nitrogens with zero attached hydrogens (tertiary/aromatic N) is 2. The number of rotatable bonds is 6. The fourth-order valence-corrected chi connectivity index (χ4v) is 3.85. The van der Waals surface area contributed by atoms with E-state index in [1.54, 1.807) is 16.2 Å². The zero-order valence-electron chi connectivity index (χ0n) is 13.3. The molecule has 1 aromatic heterocycles. The predicted molar refractivity (Wildman–Crippen MR) is 102 cm³/mol. The lowest BCUT2D eigenvalue weighted by molar-refractivity contribution is -0.122. The number of benzene rings is 1. The molecule has 1 fully saturated rings. The molecule has 0 unspecified atom stereocenters. The highest BCUT2D eigenvalue weighted by atomic mass is 32.2. The summed E-state index contributed by atoms with van der Waals surface area (Å²) in [5, 5.41) is 4.73. The smallest absolute Gasteiger partial charge is 0.266 e. The number of para-hydroxylation sites is 1. The average Bonchev–Trinajstić information content (AvgIpc) is 3.20. The Kier molecular flexibility index (Phi) is 5.85. The summed E-state index contributed by atoms with van der Waals surface area (Å²) >= 11 is 3.03. The molecule has 0 spiro atoms. The maximum absolute atomic E-state index is 12.7. The van der Waals surface area contributed by atoms with E-state index in [1.165, 1.54) is 11.8 Å². The van der Waals surface area contributed by atoms with Gasteiger partial charge in [-0.1, -0.05) is 18.2 Å². The molecule has 0 N–H and O–H groups in total. The topological polar surface area (TPSA) is 41.9 Å². The minimum Gasteiger partial charge on any atom is -0.380 e. The number of aliphatic imine (C=N–C) groups is 1. The van der Waals surface area contributed by atoms with Crippen molar-refractivity contribution in [3.63, 3.8) is 0 Å². The highest BCUT2D eigenvalue weighted by Gasteiger charge is 2.33. The van der Waals surface area contributed by atoms with E-state index < -0.39 is 0 Å². The van der Waals surface area contributed by atoms with Gasteiger partial charge >= 0.3 is 0 Å². The number of hydrogen-bond donors (Lipinski definition) is 0. The lowest BCUT2D eigenvalue weighted by Crippen LogP contribution is -2.32.